The van der Waals surface area contributed by atoms with Gasteiger partial charge < -0.3 is 14.4 Å². The number of hydrogen-bond donors (Lipinski definition) is 0. The van der Waals surface area contributed by atoms with E-state index in [0.717, 1.165) is 49.6 Å². The highest BCUT2D eigenvalue weighted by Crippen LogP contribution is 2.33. The molecule has 2 saturated heterocycles. The number of carbonyl (C=O) groups excluding carboxylic acids is 1. The van der Waals surface area contributed by atoms with Gasteiger partial charge in [0, 0.05) is 36.3 Å². The first-order valence-electron chi connectivity index (χ1n) is 12.0. The van der Waals surface area contributed by atoms with Crippen LogP contribution in [0.15, 0.2) is 46.9 Å². The lowest BCUT2D eigenvalue weighted by atomic mass is 9.90. The second-order valence-electron chi connectivity index (χ2n) is 9.46. The first kappa shape index (κ1) is 24.2. The van der Waals surface area contributed by atoms with Crippen LogP contribution in [0.2, 0.25) is 0 Å². The van der Waals surface area contributed by atoms with E-state index in [0.29, 0.717) is 23.4 Å². The van der Waals surface area contributed by atoms with Gasteiger partial charge in [-0.15, -0.1) is 0 Å². The highest BCUT2D eigenvalue weighted by atomic mass is 79.9. The van der Waals surface area contributed by atoms with Gasteiger partial charge in [0.25, 0.3) is 0 Å². The summed E-state index contributed by atoms with van der Waals surface area (Å²) >= 11 is 3.53. The van der Waals surface area contributed by atoms with E-state index in [4.69, 9.17) is 9.47 Å². The van der Waals surface area contributed by atoms with Crippen molar-refractivity contribution in [1.29, 1.82) is 0 Å². The molecule has 0 unspecified atom stereocenters. The molecule has 2 heterocycles. The average molecular weight is 515 g/mol. The molecule has 0 N–H and O–H groups in total. The van der Waals surface area contributed by atoms with Gasteiger partial charge in [0.1, 0.15) is 0 Å². The fraction of sp³-hybridized carbons (Fsp3) is 0.519. The second-order valence-corrected chi connectivity index (χ2v) is 10.3. The minimum atomic E-state index is -0.314. The van der Waals surface area contributed by atoms with E-state index in [9.17, 15) is 4.79 Å². The summed E-state index contributed by atoms with van der Waals surface area (Å²) in [6.45, 7) is 10.3. The number of carbonyl (C=O) groups is 1. The third-order valence-corrected chi connectivity index (χ3v) is 7.70. The van der Waals surface area contributed by atoms with Crippen molar-refractivity contribution in [3.63, 3.8) is 0 Å². The molecule has 4 rings (SSSR count). The van der Waals surface area contributed by atoms with E-state index >= 15 is 0 Å². The highest BCUT2D eigenvalue weighted by Gasteiger charge is 2.30. The Morgan fingerprint density at radius 2 is 1.91 bits per heavy atom. The Bertz CT molecular complexity index is 956. The number of nitrogens with zero attached hydrogens (tertiary/aromatic N) is 2. The van der Waals surface area contributed by atoms with Crippen LogP contribution in [0.5, 0.6) is 0 Å². The number of piperidine rings is 1. The van der Waals surface area contributed by atoms with Gasteiger partial charge in [-0.3, -0.25) is 4.90 Å². The van der Waals surface area contributed by atoms with Crippen molar-refractivity contribution in [2.45, 2.75) is 38.6 Å². The Labute approximate surface area is 206 Å². The molecule has 0 bridgehead atoms. The van der Waals surface area contributed by atoms with Gasteiger partial charge in [-0.25, -0.2) is 4.79 Å². The zero-order valence-corrected chi connectivity index (χ0v) is 21.5. The average Bonchev–Trinajstić information content (AvgIpc) is 2.84. The van der Waals surface area contributed by atoms with Crippen LogP contribution < -0.4 is 4.90 Å². The minimum Gasteiger partial charge on any atom is -0.465 e. The maximum absolute atomic E-state index is 11.9. The molecule has 0 radical (unpaired) electrons. The summed E-state index contributed by atoms with van der Waals surface area (Å²) in [6.07, 6.45) is 2.35. The normalized spacial score (nSPS) is 20.3. The largest absolute Gasteiger partial charge is 0.465 e. The molecule has 0 aromatic heterocycles. The van der Waals surface area contributed by atoms with Gasteiger partial charge >= 0.3 is 5.97 Å². The maximum Gasteiger partial charge on any atom is 0.339 e. The first-order chi connectivity index (χ1) is 16.0. The fourth-order valence-corrected chi connectivity index (χ4v) is 5.69. The summed E-state index contributed by atoms with van der Waals surface area (Å²) in [5.74, 6) is 0.884. The molecule has 2 fully saturated rings. The molecule has 33 heavy (non-hydrogen) atoms. The molecule has 0 amide bonds. The number of ether oxygens (including phenoxy) is 2. The highest BCUT2D eigenvalue weighted by molar-refractivity contribution is 9.10. The van der Waals surface area contributed by atoms with Crippen molar-refractivity contribution >= 4 is 27.6 Å². The zero-order chi connectivity index (χ0) is 23.4. The molecule has 5 nitrogen and oxygen atoms in total. The molecule has 178 valence electrons. The predicted molar refractivity (Wildman–Crippen MR) is 136 cm³/mol. The molecule has 0 aliphatic carbocycles. The van der Waals surface area contributed by atoms with Crippen LogP contribution in [0.25, 0.3) is 0 Å². The van der Waals surface area contributed by atoms with E-state index in [1.54, 1.807) is 0 Å². The van der Waals surface area contributed by atoms with E-state index < -0.39 is 0 Å². The molecule has 2 aliphatic rings. The van der Waals surface area contributed by atoms with E-state index in [1.807, 2.05) is 18.2 Å². The summed E-state index contributed by atoms with van der Waals surface area (Å²) in [4.78, 5) is 16.9. The van der Waals surface area contributed by atoms with Crippen molar-refractivity contribution in [1.82, 2.24) is 4.90 Å². The molecular formula is C27H35BrN2O3. The molecule has 6 heteroatoms. The lowest BCUT2D eigenvalue weighted by Crippen LogP contribution is -2.45. The molecule has 0 spiro atoms. The quantitative estimate of drug-likeness (QED) is 0.466. The second kappa shape index (κ2) is 11.0. The molecule has 2 aliphatic heterocycles. The van der Waals surface area contributed by atoms with E-state index in [2.05, 4.69) is 63.8 Å². The number of halogens is 1. The van der Waals surface area contributed by atoms with Crippen LogP contribution in [0, 0.1) is 5.92 Å². The van der Waals surface area contributed by atoms with Gasteiger partial charge in [0.2, 0.25) is 0 Å². The Morgan fingerprint density at radius 1 is 1.15 bits per heavy atom. The number of morpholine rings is 1. The molecular weight excluding hydrogens is 480 g/mol. The van der Waals surface area contributed by atoms with Crippen molar-refractivity contribution in [2.75, 3.05) is 51.4 Å². The Morgan fingerprint density at radius 3 is 2.61 bits per heavy atom. The van der Waals surface area contributed by atoms with Crippen molar-refractivity contribution < 1.29 is 14.3 Å². The standard InChI is InChI=1S/C27H35BrN2O3/c1-19(2)22-6-4-5-7-23(22)26-18-33-15-14-30(26)17-20-10-12-29(13-11-20)21-8-9-24(25(28)16-21)27(31)32-3/h4-9,16,19-20,26H,10-15,17-18H2,1-3H3/t26-/m0/s1. The Balaban J connectivity index is 1.39. The van der Waals surface area contributed by atoms with Gasteiger partial charge in [0.15, 0.2) is 0 Å². The van der Waals surface area contributed by atoms with Gasteiger partial charge in [-0.1, -0.05) is 38.1 Å². The zero-order valence-electron chi connectivity index (χ0n) is 19.9. The lowest BCUT2D eigenvalue weighted by Gasteiger charge is -2.41. The molecule has 2 aromatic rings. The topological polar surface area (TPSA) is 42.0 Å². The third-order valence-electron chi connectivity index (χ3n) is 7.05. The number of methoxy groups -OCH3 is 1. The third kappa shape index (κ3) is 5.61. The van der Waals surface area contributed by atoms with E-state index in [1.165, 1.54) is 31.1 Å². The Hall–Kier alpha value is -1.89. The molecule has 0 saturated carbocycles. The minimum absolute atomic E-state index is 0.314. The first-order valence-corrected chi connectivity index (χ1v) is 12.8. The summed E-state index contributed by atoms with van der Waals surface area (Å²) in [5.41, 5.74) is 4.59. The van der Waals surface area contributed by atoms with Crippen LogP contribution in [-0.2, 0) is 9.47 Å². The van der Waals surface area contributed by atoms with Gasteiger partial charge in [-0.05, 0) is 69.9 Å². The van der Waals surface area contributed by atoms with Crippen LogP contribution >= 0.6 is 15.9 Å². The number of hydrogen-bond acceptors (Lipinski definition) is 5. The smallest absolute Gasteiger partial charge is 0.339 e. The summed E-state index contributed by atoms with van der Waals surface area (Å²) in [7, 11) is 1.41. The van der Waals surface area contributed by atoms with Crippen LogP contribution in [0.3, 0.4) is 0 Å². The van der Waals surface area contributed by atoms with Gasteiger partial charge in [0.05, 0.1) is 31.9 Å². The van der Waals surface area contributed by atoms with Gasteiger partial charge in [-0.2, -0.15) is 0 Å². The summed E-state index contributed by atoms with van der Waals surface area (Å²) < 4.78 is 11.6. The maximum atomic E-state index is 11.9. The van der Waals surface area contributed by atoms with Crippen LogP contribution in [0.4, 0.5) is 5.69 Å². The summed E-state index contributed by atoms with van der Waals surface area (Å²) in [6, 6.07) is 15.1. The number of anilines is 1. The number of esters is 1. The van der Waals surface area contributed by atoms with Crippen molar-refractivity contribution in [2.24, 2.45) is 5.92 Å². The SMILES string of the molecule is COC(=O)c1ccc(N2CCC(CN3CCOC[C@H]3c3ccccc3C(C)C)CC2)cc1Br. The molecule has 1 atom stereocenters. The predicted octanol–water partition coefficient (Wildman–Crippen LogP) is 5.65. The fourth-order valence-electron chi connectivity index (χ4n) is 5.16. The molecule has 2 aromatic carbocycles. The Kier molecular flexibility index (Phi) is 8.10. The monoisotopic (exact) mass is 514 g/mol. The van der Waals surface area contributed by atoms with Crippen LogP contribution in [0.1, 0.15) is 60.1 Å². The van der Waals surface area contributed by atoms with Crippen molar-refractivity contribution in [3.05, 3.63) is 63.6 Å². The lowest BCUT2D eigenvalue weighted by molar-refractivity contribution is -0.0172. The number of rotatable bonds is 6. The van der Waals surface area contributed by atoms with Crippen molar-refractivity contribution in [3.8, 4) is 0 Å². The van der Waals surface area contributed by atoms with Crippen LogP contribution in [-0.4, -0.2) is 57.4 Å². The number of benzene rings is 2. The summed E-state index contributed by atoms with van der Waals surface area (Å²) in [5, 5.41) is 0. The van der Waals surface area contributed by atoms with E-state index in [-0.39, 0.29) is 5.97 Å².